The van der Waals surface area contributed by atoms with Crippen molar-refractivity contribution in [2.75, 3.05) is 11.9 Å². The third-order valence-electron chi connectivity index (χ3n) is 5.18. The smallest absolute Gasteiger partial charge is 0.319 e. The van der Waals surface area contributed by atoms with Crippen LogP contribution in [0.5, 0.6) is 11.6 Å². The Labute approximate surface area is 200 Å². The molecule has 34 heavy (non-hydrogen) atoms. The summed E-state index contributed by atoms with van der Waals surface area (Å²) in [5.74, 6) is -0.203. The minimum atomic E-state index is -0.468. The van der Waals surface area contributed by atoms with Gasteiger partial charge in [0.25, 0.3) is 5.91 Å². The maximum Gasteiger partial charge on any atom is 0.319 e. The van der Waals surface area contributed by atoms with Gasteiger partial charge < -0.3 is 25.0 Å². The fourth-order valence-corrected chi connectivity index (χ4v) is 3.79. The van der Waals surface area contributed by atoms with Crippen LogP contribution in [0.4, 0.5) is 14.2 Å². The summed E-state index contributed by atoms with van der Waals surface area (Å²) in [5, 5.41) is 18.1. The summed E-state index contributed by atoms with van der Waals surface area (Å²) < 4.78 is 25.7. The highest BCUT2D eigenvalue weighted by molar-refractivity contribution is 7.10. The number of benzene rings is 1. The minimum Gasteiger partial charge on any atom is -0.506 e. The van der Waals surface area contributed by atoms with Crippen molar-refractivity contribution in [2.24, 2.45) is 0 Å². The number of anilines is 1. The zero-order valence-corrected chi connectivity index (χ0v) is 19.2. The molecule has 1 aliphatic carbocycles. The fraction of sp³-hybridized carbons (Fsp3) is 0.348. The van der Waals surface area contributed by atoms with Crippen LogP contribution in [0.3, 0.4) is 0 Å². The number of unbranched alkanes of at least 4 members (excludes halogenated alkanes) is 1. The van der Waals surface area contributed by atoms with Crippen molar-refractivity contribution < 1.29 is 23.8 Å². The molecule has 1 saturated carbocycles. The van der Waals surface area contributed by atoms with Crippen LogP contribution in [0, 0.1) is 5.82 Å². The SMILES string of the molecule is O=C(NCCCCn1ccc(O)c1)Nc1cc(OCc2cc(C(=O)NC3CC3)ccc2F)ns1. The van der Waals surface area contributed by atoms with Crippen molar-refractivity contribution in [3.63, 3.8) is 0 Å². The molecule has 3 amide bonds. The van der Waals surface area contributed by atoms with Crippen molar-refractivity contribution in [1.29, 1.82) is 0 Å². The number of carbonyl (C=O) groups excluding carboxylic acids is 2. The molecule has 2 heterocycles. The Morgan fingerprint density at radius 2 is 2.09 bits per heavy atom. The highest BCUT2D eigenvalue weighted by Crippen LogP contribution is 2.24. The van der Waals surface area contributed by atoms with E-state index in [2.05, 4.69) is 20.3 Å². The number of aromatic nitrogens is 2. The molecule has 0 aliphatic heterocycles. The lowest BCUT2D eigenvalue weighted by atomic mass is 10.1. The van der Waals surface area contributed by atoms with Crippen LogP contribution < -0.4 is 20.7 Å². The topological polar surface area (TPSA) is 118 Å². The predicted molar refractivity (Wildman–Crippen MR) is 126 cm³/mol. The van der Waals surface area contributed by atoms with E-state index in [-0.39, 0.29) is 41.8 Å². The molecule has 3 aromatic rings. The summed E-state index contributed by atoms with van der Waals surface area (Å²) in [7, 11) is 0. The number of urea groups is 1. The molecular formula is C23H26FN5O4S. The van der Waals surface area contributed by atoms with Crippen molar-refractivity contribution in [1.82, 2.24) is 19.6 Å². The molecule has 4 N–H and O–H groups in total. The highest BCUT2D eigenvalue weighted by atomic mass is 32.1. The molecule has 0 radical (unpaired) electrons. The van der Waals surface area contributed by atoms with E-state index in [9.17, 15) is 19.1 Å². The van der Waals surface area contributed by atoms with Crippen molar-refractivity contribution >= 4 is 28.5 Å². The van der Waals surface area contributed by atoms with E-state index in [1.54, 1.807) is 24.5 Å². The molecule has 180 valence electrons. The number of aromatic hydroxyl groups is 1. The quantitative estimate of drug-likeness (QED) is 0.307. The fourth-order valence-electron chi connectivity index (χ4n) is 3.21. The molecule has 1 aliphatic rings. The summed E-state index contributed by atoms with van der Waals surface area (Å²) in [6.45, 7) is 1.17. The molecule has 0 unspecified atom stereocenters. The van der Waals surface area contributed by atoms with Gasteiger partial charge >= 0.3 is 6.03 Å². The lowest BCUT2D eigenvalue weighted by Gasteiger charge is -2.08. The number of nitrogens with one attached hydrogen (secondary N) is 3. The highest BCUT2D eigenvalue weighted by Gasteiger charge is 2.24. The molecule has 0 atom stereocenters. The second-order valence-corrected chi connectivity index (χ2v) is 8.87. The molecule has 1 fully saturated rings. The normalized spacial score (nSPS) is 12.9. The molecule has 9 nitrogen and oxygen atoms in total. The third-order valence-corrected chi connectivity index (χ3v) is 5.87. The Kier molecular flexibility index (Phi) is 7.63. The second kappa shape index (κ2) is 11.0. The van der Waals surface area contributed by atoms with E-state index in [4.69, 9.17) is 4.74 Å². The average Bonchev–Trinajstić information content (AvgIpc) is 3.35. The Hall–Kier alpha value is -3.60. The largest absolute Gasteiger partial charge is 0.506 e. The molecule has 1 aromatic carbocycles. The van der Waals surface area contributed by atoms with Gasteiger partial charge in [-0.2, -0.15) is 4.37 Å². The summed E-state index contributed by atoms with van der Waals surface area (Å²) in [4.78, 5) is 24.2. The first kappa shape index (κ1) is 23.6. The number of nitrogens with zero attached hydrogens (tertiary/aromatic N) is 2. The van der Waals surface area contributed by atoms with Crippen molar-refractivity contribution in [3.05, 3.63) is 59.7 Å². The van der Waals surface area contributed by atoms with Gasteiger partial charge in [0.1, 0.15) is 23.2 Å². The first-order valence-corrected chi connectivity index (χ1v) is 11.8. The Balaban J connectivity index is 1.18. The lowest BCUT2D eigenvalue weighted by molar-refractivity contribution is 0.0951. The van der Waals surface area contributed by atoms with E-state index < -0.39 is 5.82 Å². The number of hydrogen-bond acceptors (Lipinski definition) is 6. The van der Waals surface area contributed by atoms with Crippen LogP contribution in [0.2, 0.25) is 0 Å². The maximum atomic E-state index is 14.2. The summed E-state index contributed by atoms with van der Waals surface area (Å²) in [5.41, 5.74) is 0.634. The third kappa shape index (κ3) is 6.95. The van der Waals surface area contributed by atoms with Gasteiger partial charge in [-0.15, -0.1) is 0 Å². The summed E-state index contributed by atoms with van der Waals surface area (Å²) in [6.07, 6.45) is 7.04. The van der Waals surface area contributed by atoms with Gasteiger partial charge in [0.15, 0.2) is 0 Å². The first-order valence-electron chi connectivity index (χ1n) is 11.0. The average molecular weight is 488 g/mol. The second-order valence-electron chi connectivity index (χ2n) is 8.07. The predicted octanol–water partition coefficient (Wildman–Crippen LogP) is 3.86. The zero-order chi connectivity index (χ0) is 23.9. The van der Waals surface area contributed by atoms with Crippen LogP contribution in [-0.4, -0.2) is 38.6 Å². The van der Waals surface area contributed by atoms with E-state index in [1.807, 2.05) is 4.57 Å². The Morgan fingerprint density at radius 1 is 1.24 bits per heavy atom. The van der Waals surface area contributed by atoms with Crippen LogP contribution >= 0.6 is 11.5 Å². The van der Waals surface area contributed by atoms with E-state index in [0.717, 1.165) is 43.8 Å². The molecule has 4 rings (SSSR count). The molecule has 0 bridgehead atoms. The van der Waals surface area contributed by atoms with Crippen LogP contribution in [0.15, 0.2) is 42.7 Å². The Morgan fingerprint density at radius 3 is 2.85 bits per heavy atom. The monoisotopic (exact) mass is 487 g/mol. The van der Waals surface area contributed by atoms with Crippen LogP contribution in [0.1, 0.15) is 41.6 Å². The zero-order valence-electron chi connectivity index (χ0n) is 18.4. The molecule has 0 spiro atoms. The summed E-state index contributed by atoms with van der Waals surface area (Å²) >= 11 is 1.05. The van der Waals surface area contributed by atoms with Crippen molar-refractivity contribution in [2.45, 2.75) is 44.9 Å². The van der Waals surface area contributed by atoms with Crippen LogP contribution in [-0.2, 0) is 13.2 Å². The number of carbonyl (C=O) groups is 2. The van der Waals surface area contributed by atoms with Crippen molar-refractivity contribution in [3.8, 4) is 11.6 Å². The Bertz CT molecular complexity index is 1140. The summed E-state index contributed by atoms with van der Waals surface area (Å²) in [6, 6.07) is 7.23. The minimum absolute atomic E-state index is 0.0923. The number of rotatable bonds is 11. The van der Waals surface area contributed by atoms with Gasteiger partial charge in [-0.1, -0.05) is 0 Å². The van der Waals surface area contributed by atoms with E-state index >= 15 is 0 Å². The van der Waals surface area contributed by atoms with Gasteiger partial charge in [-0.3, -0.25) is 10.1 Å². The molecule has 2 aromatic heterocycles. The van der Waals surface area contributed by atoms with E-state index in [0.29, 0.717) is 17.1 Å². The number of amides is 3. The van der Waals surface area contributed by atoms with Gasteiger partial charge in [0.05, 0.1) is 0 Å². The number of hydrogen-bond donors (Lipinski definition) is 4. The number of ether oxygens (including phenoxy) is 1. The first-order chi connectivity index (χ1) is 16.5. The molecule has 0 saturated heterocycles. The standard InChI is InChI=1S/C23H26FN5O4S/c24-19-6-3-15(22(31)26-17-4-5-17)11-16(19)14-33-20-12-21(34-28-20)27-23(32)25-8-1-2-9-29-10-7-18(30)13-29/h3,6-7,10-13,17,30H,1-2,4-5,8-9,14H2,(H,26,31)(H2,25,27,32). The van der Waals surface area contributed by atoms with E-state index in [1.165, 1.54) is 18.2 Å². The van der Waals surface area contributed by atoms with Crippen LogP contribution in [0.25, 0.3) is 0 Å². The molecule has 11 heteroatoms. The van der Waals surface area contributed by atoms with Gasteiger partial charge in [0.2, 0.25) is 5.88 Å². The van der Waals surface area contributed by atoms with Gasteiger partial charge in [-0.25, -0.2) is 9.18 Å². The van der Waals surface area contributed by atoms with Gasteiger partial charge in [0, 0.05) is 48.7 Å². The number of halogens is 1. The lowest BCUT2D eigenvalue weighted by Crippen LogP contribution is -2.29. The maximum absolute atomic E-state index is 14.2. The molecular weight excluding hydrogens is 461 g/mol. The number of aryl methyl sites for hydroxylation is 1. The van der Waals surface area contributed by atoms with Gasteiger partial charge in [-0.05, 0) is 61.5 Å².